The molecule has 0 saturated carbocycles. The van der Waals surface area contributed by atoms with E-state index < -0.39 is 10.0 Å². The molecule has 1 atom stereocenters. The molecule has 1 aliphatic rings. The third-order valence-corrected chi connectivity index (χ3v) is 5.25. The van der Waals surface area contributed by atoms with Gasteiger partial charge >= 0.3 is 0 Å². The third-order valence-electron chi connectivity index (χ3n) is 4.05. The molecular formula is C18H20N2O5S. The molecule has 0 bridgehead atoms. The average Bonchev–Trinajstić information content (AvgIpc) is 2.64. The highest BCUT2D eigenvalue weighted by Crippen LogP contribution is 2.30. The molecule has 138 valence electrons. The predicted octanol–water partition coefficient (Wildman–Crippen LogP) is 1.65. The van der Waals surface area contributed by atoms with Gasteiger partial charge in [-0.3, -0.25) is 9.10 Å². The maximum absolute atomic E-state index is 12.3. The van der Waals surface area contributed by atoms with Gasteiger partial charge in [0.05, 0.1) is 18.5 Å². The number of carbonyl (C=O) groups excluding carboxylic acids is 1. The quantitative estimate of drug-likeness (QED) is 0.858. The van der Waals surface area contributed by atoms with Crippen LogP contribution in [0.1, 0.15) is 10.4 Å². The van der Waals surface area contributed by atoms with Crippen LogP contribution in [0.15, 0.2) is 48.5 Å². The third kappa shape index (κ3) is 4.08. The Hall–Kier alpha value is -2.74. The maximum atomic E-state index is 12.3. The van der Waals surface area contributed by atoms with Crippen LogP contribution in [0, 0.1) is 0 Å². The molecule has 1 N–H and O–H groups in total. The Balaban J connectivity index is 1.57. The van der Waals surface area contributed by atoms with Gasteiger partial charge in [0.15, 0.2) is 11.5 Å². The second kappa shape index (κ2) is 7.25. The van der Waals surface area contributed by atoms with Crippen LogP contribution in [-0.2, 0) is 10.0 Å². The van der Waals surface area contributed by atoms with Crippen LogP contribution >= 0.6 is 0 Å². The lowest BCUT2D eigenvalue weighted by Crippen LogP contribution is -2.40. The summed E-state index contributed by atoms with van der Waals surface area (Å²) in [7, 11) is -1.87. The van der Waals surface area contributed by atoms with Crippen LogP contribution in [0.2, 0.25) is 0 Å². The number of benzene rings is 2. The van der Waals surface area contributed by atoms with Crippen LogP contribution in [0.25, 0.3) is 0 Å². The van der Waals surface area contributed by atoms with Crippen molar-refractivity contribution in [2.45, 2.75) is 6.10 Å². The maximum Gasteiger partial charge on any atom is 0.251 e. The van der Waals surface area contributed by atoms with Crippen molar-refractivity contribution in [2.75, 3.05) is 30.8 Å². The van der Waals surface area contributed by atoms with Crippen molar-refractivity contribution >= 4 is 21.6 Å². The average molecular weight is 376 g/mol. The molecule has 0 fully saturated rings. The summed E-state index contributed by atoms with van der Waals surface area (Å²) in [6, 6.07) is 13.7. The molecule has 3 rings (SSSR count). The zero-order valence-electron chi connectivity index (χ0n) is 14.5. The van der Waals surface area contributed by atoms with Crippen molar-refractivity contribution in [2.24, 2.45) is 0 Å². The number of para-hydroxylation sites is 2. The van der Waals surface area contributed by atoms with Gasteiger partial charge in [-0.2, -0.15) is 0 Å². The number of rotatable bonds is 5. The lowest BCUT2D eigenvalue weighted by Gasteiger charge is -2.26. The summed E-state index contributed by atoms with van der Waals surface area (Å²) in [5.74, 6) is 1.09. The Morgan fingerprint density at radius 1 is 1.15 bits per heavy atom. The minimum Gasteiger partial charge on any atom is -0.486 e. The molecule has 1 aliphatic heterocycles. The molecule has 1 unspecified atom stereocenters. The monoisotopic (exact) mass is 376 g/mol. The number of amides is 1. The number of nitrogens with one attached hydrogen (secondary N) is 1. The lowest BCUT2D eigenvalue weighted by atomic mass is 10.2. The van der Waals surface area contributed by atoms with Crippen molar-refractivity contribution in [3.8, 4) is 11.5 Å². The van der Waals surface area contributed by atoms with Gasteiger partial charge in [0.25, 0.3) is 5.91 Å². The van der Waals surface area contributed by atoms with E-state index in [0.717, 1.165) is 10.6 Å². The lowest BCUT2D eigenvalue weighted by molar-refractivity contribution is 0.0789. The standard InChI is InChI=1S/C18H20N2O5S/c1-20(26(2,22)23)14-9-7-13(8-10-14)18(21)19-11-15-12-24-16-5-3-4-6-17(16)25-15/h3-10,15H,11-12H2,1-2H3,(H,19,21). The normalized spacial score (nSPS) is 16.0. The van der Waals surface area contributed by atoms with Gasteiger partial charge in [0.1, 0.15) is 12.7 Å². The van der Waals surface area contributed by atoms with E-state index in [0.29, 0.717) is 35.9 Å². The van der Waals surface area contributed by atoms with E-state index in [-0.39, 0.29) is 12.0 Å². The molecule has 0 saturated heterocycles. The molecule has 1 amide bonds. The smallest absolute Gasteiger partial charge is 0.251 e. The molecule has 1 heterocycles. The second-order valence-electron chi connectivity index (χ2n) is 5.98. The first-order chi connectivity index (χ1) is 12.3. The van der Waals surface area contributed by atoms with Crippen LogP contribution in [0.4, 0.5) is 5.69 Å². The van der Waals surface area contributed by atoms with Crippen LogP contribution in [-0.4, -0.2) is 46.9 Å². The summed E-state index contributed by atoms with van der Waals surface area (Å²) in [6.07, 6.45) is 0.849. The summed E-state index contributed by atoms with van der Waals surface area (Å²) >= 11 is 0. The predicted molar refractivity (Wildman–Crippen MR) is 98.4 cm³/mol. The van der Waals surface area contributed by atoms with Gasteiger partial charge in [-0.25, -0.2) is 8.42 Å². The Labute approximate surface area is 152 Å². The summed E-state index contributed by atoms with van der Waals surface area (Å²) < 4.78 is 35.6. The fourth-order valence-corrected chi connectivity index (χ4v) is 2.99. The molecule has 2 aromatic rings. The van der Waals surface area contributed by atoms with E-state index in [1.807, 2.05) is 24.3 Å². The number of anilines is 1. The van der Waals surface area contributed by atoms with Crippen molar-refractivity contribution in [1.29, 1.82) is 0 Å². The summed E-state index contributed by atoms with van der Waals surface area (Å²) in [4.78, 5) is 12.3. The zero-order valence-corrected chi connectivity index (χ0v) is 15.3. The first-order valence-electron chi connectivity index (χ1n) is 8.05. The first-order valence-corrected chi connectivity index (χ1v) is 9.90. The van der Waals surface area contributed by atoms with Crippen molar-refractivity contribution in [3.63, 3.8) is 0 Å². The van der Waals surface area contributed by atoms with E-state index in [9.17, 15) is 13.2 Å². The van der Waals surface area contributed by atoms with Crippen LogP contribution < -0.4 is 19.1 Å². The largest absolute Gasteiger partial charge is 0.486 e. The van der Waals surface area contributed by atoms with E-state index in [1.165, 1.54) is 7.05 Å². The van der Waals surface area contributed by atoms with Gasteiger partial charge < -0.3 is 14.8 Å². The van der Waals surface area contributed by atoms with Crippen molar-refractivity contribution < 1.29 is 22.7 Å². The van der Waals surface area contributed by atoms with E-state index in [2.05, 4.69) is 5.32 Å². The van der Waals surface area contributed by atoms with Crippen molar-refractivity contribution in [3.05, 3.63) is 54.1 Å². The number of sulfonamides is 1. The fourth-order valence-electron chi connectivity index (χ4n) is 2.49. The fraction of sp³-hybridized carbons (Fsp3) is 0.278. The Morgan fingerprint density at radius 2 is 1.81 bits per heavy atom. The van der Waals surface area contributed by atoms with Gasteiger partial charge in [-0.05, 0) is 36.4 Å². The van der Waals surface area contributed by atoms with Crippen LogP contribution in [0.5, 0.6) is 11.5 Å². The molecule has 0 aromatic heterocycles. The number of carbonyl (C=O) groups is 1. The highest BCUT2D eigenvalue weighted by Gasteiger charge is 2.21. The van der Waals surface area contributed by atoms with Gasteiger partial charge in [-0.15, -0.1) is 0 Å². The molecular weight excluding hydrogens is 356 g/mol. The van der Waals surface area contributed by atoms with Crippen molar-refractivity contribution in [1.82, 2.24) is 5.32 Å². The Kier molecular flexibility index (Phi) is 5.03. The molecule has 2 aromatic carbocycles. The Bertz CT molecular complexity index is 896. The van der Waals surface area contributed by atoms with E-state index in [4.69, 9.17) is 9.47 Å². The molecule has 0 spiro atoms. The number of ether oxygens (including phenoxy) is 2. The second-order valence-corrected chi connectivity index (χ2v) is 8.00. The summed E-state index contributed by atoms with van der Waals surface area (Å²) in [6.45, 7) is 0.660. The number of fused-ring (bicyclic) bond motifs is 1. The molecule has 8 heteroatoms. The summed E-state index contributed by atoms with van der Waals surface area (Å²) in [5.41, 5.74) is 0.928. The number of nitrogens with zero attached hydrogens (tertiary/aromatic N) is 1. The Morgan fingerprint density at radius 3 is 2.46 bits per heavy atom. The number of hydrogen-bond acceptors (Lipinski definition) is 5. The zero-order chi connectivity index (χ0) is 18.7. The molecule has 7 nitrogen and oxygen atoms in total. The highest BCUT2D eigenvalue weighted by atomic mass is 32.2. The first kappa shape index (κ1) is 18.1. The topological polar surface area (TPSA) is 84.9 Å². The minimum absolute atomic E-state index is 0.263. The molecule has 0 radical (unpaired) electrons. The number of hydrogen-bond donors (Lipinski definition) is 1. The van der Waals surface area contributed by atoms with Gasteiger partial charge in [0, 0.05) is 12.6 Å². The van der Waals surface area contributed by atoms with Crippen LogP contribution in [0.3, 0.4) is 0 Å². The van der Waals surface area contributed by atoms with E-state index >= 15 is 0 Å². The molecule has 26 heavy (non-hydrogen) atoms. The highest BCUT2D eigenvalue weighted by molar-refractivity contribution is 7.92. The van der Waals surface area contributed by atoms with Gasteiger partial charge in [0.2, 0.25) is 10.0 Å². The summed E-state index contributed by atoms with van der Waals surface area (Å²) in [5, 5.41) is 2.80. The minimum atomic E-state index is -3.34. The van der Waals surface area contributed by atoms with E-state index in [1.54, 1.807) is 24.3 Å². The molecule has 0 aliphatic carbocycles. The van der Waals surface area contributed by atoms with Gasteiger partial charge in [-0.1, -0.05) is 12.1 Å². The SMILES string of the molecule is CN(c1ccc(C(=O)NCC2COc3ccccc3O2)cc1)S(C)(=O)=O.